The molecule has 0 heterocycles. The van der Waals surface area contributed by atoms with Gasteiger partial charge in [-0.05, 0) is 30.2 Å². The fraction of sp³-hybridized carbons (Fsp3) is 0.167. The van der Waals surface area contributed by atoms with Crippen LogP contribution < -0.4 is 5.48 Å². The number of benzene rings is 2. The second-order valence-corrected chi connectivity index (χ2v) is 4.98. The second-order valence-electron chi connectivity index (χ2n) is 4.98. The summed E-state index contributed by atoms with van der Waals surface area (Å²) < 4.78 is 0. The molecule has 0 aromatic heterocycles. The number of nitrogens with one attached hydrogen (secondary N) is 1. The predicted octanol–water partition coefficient (Wildman–Crippen LogP) is 3.91. The van der Waals surface area contributed by atoms with Gasteiger partial charge in [0.2, 0.25) is 0 Å². The lowest BCUT2D eigenvalue weighted by atomic mass is 10.1. The molecule has 2 aromatic rings. The van der Waals surface area contributed by atoms with Crippen LogP contribution in [-0.4, -0.2) is 5.97 Å². The Morgan fingerprint density at radius 1 is 1.14 bits per heavy atom. The Bertz CT molecular complexity index is 677. The number of fused-ring (bicyclic) bond motifs is 1. The molecule has 3 heteroatoms. The normalized spacial score (nSPS) is 10.8. The minimum atomic E-state index is -0.410. The molecule has 0 fully saturated rings. The molecule has 2 aromatic carbocycles. The van der Waals surface area contributed by atoms with Gasteiger partial charge in [0, 0.05) is 6.08 Å². The Morgan fingerprint density at radius 2 is 1.90 bits per heavy atom. The quantitative estimate of drug-likeness (QED) is 0.513. The maximum Gasteiger partial charge on any atom is 0.349 e. The monoisotopic (exact) mass is 281 g/mol. The van der Waals surface area contributed by atoms with Gasteiger partial charge in [0.25, 0.3) is 0 Å². The number of hydrogen-bond acceptors (Lipinski definition) is 3. The van der Waals surface area contributed by atoms with Crippen molar-refractivity contribution in [3.8, 4) is 0 Å². The van der Waals surface area contributed by atoms with E-state index >= 15 is 0 Å². The molecule has 108 valence electrons. The van der Waals surface area contributed by atoms with Crippen LogP contribution in [0.1, 0.15) is 19.4 Å². The smallest absolute Gasteiger partial charge is 0.349 e. The molecule has 1 N–H and O–H groups in total. The first-order valence-electron chi connectivity index (χ1n) is 6.88. The number of hydroxylamine groups is 1. The summed E-state index contributed by atoms with van der Waals surface area (Å²) >= 11 is 0. The molecule has 2 rings (SSSR count). The van der Waals surface area contributed by atoms with Crippen molar-refractivity contribution in [2.75, 3.05) is 0 Å². The highest BCUT2D eigenvalue weighted by atomic mass is 16.7. The Balaban J connectivity index is 1.92. The average Bonchev–Trinajstić information content (AvgIpc) is 2.47. The van der Waals surface area contributed by atoms with Crippen molar-refractivity contribution < 1.29 is 9.63 Å². The fourth-order valence-electron chi connectivity index (χ4n) is 1.98. The fourth-order valence-corrected chi connectivity index (χ4v) is 1.98. The van der Waals surface area contributed by atoms with Gasteiger partial charge >= 0.3 is 5.97 Å². The minimum Gasteiger partial charge on any atom is -0.367 e. The molecule has 0 amide bonds. The molecule has 0 radical (unpaired) electrons. The van der Waals surface area contributed by atoms with Crippen LogP contribution in [0.2, 0.25) is 0 Å². The van der Waals surface area contributed by atoms with Gasteiger partial charge in [-0.3, -0.25) is 0 Å². The maximum atomic E-state index is 11.5. The zero-order chi connectivity index (χ0) is 15.1. The number of hydrogen-bond donors (Lipinski definition) is 1. The van der Waals surface area contributed by atoms with Crippen molar-refractivity contribution in [1.29, 1.82) is 0 Å². The molecule has 0 aliphatic carbocycles. The topological polar surface area (TPSA) is 38.3 Å². The summed E-state index contributed by atoms with van der Waals surface area (Å²) in [7, 11) is 0. The Morgan fingerprint density at radius 3 is 2.71 bits per heavy atom. The van der Waals surface area contributed by atoms with Crippen LogP contribution in [0.25, 0.3) is 10.8 Å². The molecule has 21 heavy (non-hydrogen) atoms. The molecule has 0 aliphatic rings. The first-order valence-corrected chi connectivity index (χ1v) is 6.88. The standard InChI is InChI=1S/C18H19NO2/c1-14(2)7-5-12-18(20)21-19-13-16-10-6-9-15-8-3-4-11-17(15)16/h3-12,19H,13H2,1-2H3/b12-5+. The van der Waals surface area contributed by atoms with Crippen LogP contribution in [0.3, 0.4) is 0 Å². The zero-order valence-electron chi connectivity index (χ0n) is 12.3. The van der Waals surface area contributed by atoms with Crippen LogP contribution in [-0.2, 0) is 16.2 Å². The van der Waals surface area contributed by atoms with Crippen molar-refractivity contribution in [2.45, 2.75) is 20.4 Å². The molecule has 0 bridgehead atoms. The summed E-state index contributed by atoms with van der Waals surface area (Å²) in [6.45, 7) is 4.41. The lowest BCUT2D eigenvalue weighted by molar-refractivity contribution is -0.145. The van der Waals surface area contributed by atoms with E-state index in [1.165, 1.54) is 11.5 Å². The maximum absolute atomic E-state index is 11.5. The summed E-state index contributed by atoms with van der Waals surface area (Å²) in [6, 6.07) is 14.2. The first kappa shape index (κ1) is 15.0. The summed E-state index contributed by atoms with van der Waals surface area (Å²) in [6.07, 6.45) is 4.92. The Hall–Kier alpha value is -2.39. The van der Waals surface area contributed by atoms with E-state index < -0.39 is 5.97 Å². The van der Waals surface area contributed by atoms with Crippen molar-refractivity contribution in [2.24, 2.45) is 0 Å². The van der Waals surface area contributed by atoms with Crippen LogP contribution in [0.5, 0.6) is 0 Å². The van der Waals surface area contributed by atoms with E-state index in [9.17, 15) is 4.79 Å². The van der Waals surface area contributed by atoms with Crippen molar-refractivity contribution in [3.05, 3.63) is 71.8 Å². The van der Waals surface area contributed by atoms with E-state index in [1.54, 1.807) is 6.08 Å². The van der Waals surface area contributed by atoms with Gasteiger partial charge in [0.1, 0.15) is 0 Å². The second kappa shape index (κ2) is 7.41. The molecular formula is C18H19NO2. The summed E-state index contributed by atoms with van der Waals surface area (Å²) in [4.78, 5) is 16.4. The largest absolute Gasteiger partial charge is 0.367 e. The SMILES string of the molecule is CC(C)=C/C=C/C(=O)ONCc1cccc2ccccc12. The van der Waals surface area contributed by atoms with Crippen LogP contribution >= 0.6 is 0 Å². The zero-order valence-corrected chi connectivity index (χ0v) is 12.3. The van der Waals surface area contributed by atoms with E-state index in [1.807, 2.05) is 44.2 Å². The van der Waals surface area contributed by atoms with Crippen LogP contribution in [0.15, 0.2) is 66.3 Å². The van der Waals surface area contributed by atoms with Crippen LogP contribution in [0, 0.1) is 0 Å². The van der Waals surface area contributed by atoms with Gasteiger partial charge in [0.05, 0.1) is 6.54 Å². The average molecular weight is 281 g/mol. The van der Waals surface area contributed by atoms with Crippen LogP contribution in [0.4, 0.5) is 0 Å². The summed E-state index contributed by atoms with van der Waals surface area (Å²) in [5.41, 5.74) is 4.93. The predicted molar refractivity (Wildman–Crippen MR) is 85.5 cm³/mol. The summed E-state index contributed by atoms with van der Waals surface area (Å²) in [5, 5.41) is 2.33. The van der Waals surface area contributed by atoms with Gasteiger partial charge in [-0.1, -0.05) is 60.2 Å². The molecule has 0 aliphatic heterocycles. The highest BCUT2D eigenvalue weighted by Crippen LogP contribution is 2.18. The third kappa shape index (κ3) is 4.58. The van der Waals surface area contributed by atoms with E-state index in [-0.39, 0.29) is 0 Å². The number of allylic oxidation sites excluding steroid dienone is 3. The van der Waals surface area contributed by atoms with Gasteiger partial charge in [0.15, 0.2) is 0 Å². The van der Waals surface area contributed by atoms with Crippen molar-refractivity contribution in [1.82, 2.24) is 5.48 Å². The lowest BCUT2D eigenvalue weighted by Crippen LogP contribution is -2.18. The third-order valence-corrected chi connectivity index (χ3v) is 2.98. The third-order valence-electron chi connectivity index (χ3n) is 2.98. The number of carbonyl (C=O) groups is 1. The molecule has 3 nitrogen and oxygen atoms in total. The van der Waals surface area contributed by atoms with Crippen molar-refractivity contribution in [3.63, 3.8) is 0 Å². The first-order chi connectivity index (χ1) is 10.2. The molecule has 0 atom stereocenters. The molecule has 0 saturated carbocycles. The van der Waals surface area contributed by atoms with E-state index in [2.05, 4.69) is 23.7 Å². The molecular weight excluding hydrogens is 262 g/mol. The number of carbonyl (C=O) groups excluding carboxylic acids is 1. The molecule has 0 unspecified atom stereocenters. The van der Waals surface area contributed by atoms with Gasteiger partial charge in [-0.2, -0.15) is 0 Å². The van der Waals surface area contributed by atoms with Gasteiger partial charge < -0.3 is 4.84 Å². The van der Waals surface area contributed by atoms with Gasteiger partial charge in [-0.15, -0.1) is 5.48 Å². The Labute approximate surface area is 124 Å². The highest BCUT2D eigenvalue weighted by Gasteiger charge is 2.01. The minimum absolute atomic E-state index is 0.410. The van der Waals surface area contributed by atoms with Crippen molar-refractivity contribution >= 4 is 16.7 Å². The van der Waals surface area contributed by atoms with E-state index in [0.717, 1.165) is 16.5 Å². The van der Waals surface area contributed by atoms with Gasteiger partial charge in [-0.25, -0.2) is 4.79 Å². The Kier molecular flexibility index (Phi) is 5.29. The van der Waals surface area contributed by atoms with E-state index in [4.69, 9.17) is 4.84 Å². The lowest BCUT2D eigenvalue weighted by Gasteiger charge is -2.07. The summed E-state index contributed by atoms with van der Waals surface area (Å²) in [5.74, 6) is -0.410. The van der Waals surface area contributed by atoms with E-state index in [0.29, 0.717) is 6.54 Å². The molecule has 0 spiro atoms. The number of rotatable bonds is 5. The highest BCUT2D eigenvalue weighted by molar-refractivity contribution is 5.85. The molecule has 0 saturated heterocycles.